The molecule has 2 heterocycles. The van der Waals surface area contributed by atoms with E-state index in [1.54, 1.807) is 0 Å². The normalized spacial score (nSPS) is 13.6. The lowest BCUT2D eigenvalue weighted by atomic mass is 10.0. The molecule has 0 aliphatic carbocycles. The molecule has 1 amide bonds. The molecule has 5 rings (SSSR count). The van der Waals surface area contributed by atoms with Crippen LogP contribution in [0.4, 0.5) is 5.82 Å². The number of ether oxygens (including phenoxy) is 2. The first kappa shape index (κ1) is 23.6. The minimum atomic E-state index is -0.0154. The number of hydrogen-bond donors (Lipinski definition) is 0. The van der Waals surface area contributed by atoms with Gasteiger partial charge in [-0.15, -0.1) is 10.2 Å². The first-order valence-corrected chi connectivity index (χ1v) is 12.4. The minimum absolute atomic E-state index is 0.0154. The van der Waals surface area contributed by atoms with E-state index in [1.807, 2.05) is 59.5 Å². The van der Waals surface area contributed by atoms with Crippen LogP contribution in [0.15, 0.2) is 78.9 Å². The summed E-state index contributed by atoms with van der Waals surface area (Å²) in [4.78, 5) is 16.7. The predicted molar refractivity (Wildman–Crippen MR) is 141 cm³/mol. The highest BCUT2D eigenvalue weighted by Crippen LogP contribution is 2.27. The molecule has 0 atom stereocenters. The lowest BCUT2D eigenvalue weighted by molar-refractivity contribution is -0.133. The van der Waals surface area contributed by atoms with E-state index in [1.165, 1.54) is 5.39 Å². The molecular formula is C29H30N4O3. The molecular weight excluding hydrogens is 452 g/mol. The molecule has 3 aromatic carbocycles. The van der Waals surface area contributed by atoms with Crippen LogP contribution < -0.4 is 14.4 Å². The fraction of sp³-hybridized carbons (Fsp3) is 0.276. The lowest BCUT2D eigenvalue weighted by Crippen LogP contribution is -2.50. The minimum Gasteiger partial charge on any atom is -0.494 e. The molecule has 7 heteroatoms. The summed E-state index contributed by atoms with van der Waals surface area (Å²) in [7, 11) is 0. The van der Waals surface area contributed by atoms with E-state index >= 15 is 0 Å². The molecule has 0 bridgehead atoms. The van der Waals surface area contributed by atoms with Crippen LogP contribution in [0.2, 0.25) is 0 Å². The Morgan fingerprint density at radius 2 is 1.53 bits per heavy atom. The van der Waals surface area contributed by atoms with E-state index in [9.17, 15) is 4.79 Å². The first-order chi connectivity index (χ1) is 17.7. The van der Waals surface area contributed by atoms with Crippen LogP contribution in [0.1, 0.15) is 13.3 Å². The Kier molecular flexibility index (Phi) is 7.26. The number of rotatable bonds is 8. The van der Waals surface area contributed by atoms with E-state index in [0.29, 0.717) is 38.5 Å². The maximum atomic E-state index is 12.7. The molecule has 1 aliphatic rings. The summed E-state index contributed by atoms with van der Waals surface area (Å²) in [5.41, 5.74) is 1.93. The maximum absolute atomic E-state index is 12.7. The van der Waals surface area contributed by atoms with Crippen LogP contribution in [0.3, 0.4) is 0 Å². The largest absolute Gasteiger partial charge is 0.494 e. The van der Waals surface area contributed by atoms with Crippen LogP contribution in [-0.2, 0) is 4.79 Å². The third kappa shape index (κ3) is 5.40. The van der Waals surface area contributed by atoms with Crippen molar-refractivity contribution in [3.63, 3.8) is 0 Å². The summed E-state index contributed by atoms with van der Waals surface area (Å²) in [5.74, 6) is 2.28. The van der Waals surface area contributed by atoms with Crippen LogP contribution in [0.5, 0.6) is 11.5 Å². The fourth-order valence-corrected chi connectivity index (χ4v) is 4.36. The second-order valence-electron chi connectivity index (χ2n) is 8.78. The number of hydrogen-bond acceptors (Lipinski definition) is 6. The third-order valence-corrected chi connectivity index (χ3v) is 6.33. The summed E-state index contributed by atoms with van der Waals surface area (Å²) in [6.07, 6.45) is 0.961. The Balaban J connectivity index is 1.13. The van der Waals surface area contributed by atoms with Gasteiger partial charge >= 0.3 is 0 Å². The number of aromatic nitrogens is 2. The van der Waals surface area contributed by atoms with Crippen molar-refractivity contribution in [2.75, 3.05) is 44.3 Å². The zero-order valence-electron chi connectivity index (χ0n) is 20.5. The Morgan fingerprint density at radius 1 is 0.806 bits per heavy atom. The summed E-state index contributed by atoms with van der Waals surface area (Å²) in [5, 5.41) is 11.4. The highest BCUT2D eigenvalue weighted by Gasteiger charge is 2.22. The van der Waals surface area contributed by atoms with Crippen molar-refractivity contribution >= 4 is 22.5 Å². The number of piperazine rings is 1. The van der Waals surface area contributed by atoms with Crippen molar-refractivity contribution in [3.05, 3.63) is 78.9 Å². The quantitative estimate of drug-likeness (QED) is 0.359. The summed E-state index contributed by atoms with van der Waals surface area (Å²) >= 11 is 0. The van der Waals surface area contributed by atoms with Crippen molar-refractivity contribution in [1.29, 1.82) is 0 Å². The van der Waals surface area contributed by atoms with Gasteiger partial charge in [-0.2, -0.15) is 0 Å². The van der Waals surface area contributed by atoms with E-state index in [0.717, 1.165) is 34.6 Å². The van der Waals surface area contributed by atoms with Crippen molar-refractivity contribution in [3.8, 4) is 22.8 Å². The molecule has 1 aliphatic heterocycles. The summed E-state index contributed by atoms with van der Waals surface area (Å²) in [6, 6.07) is 25.9. The number of anilines is 1. The van der Waals surface area contributed by atoms with Crippen molar-refractivity contribution in [1.82, 2.24) is 15.1 Å². The van der Waals surface area contributed by atoms with Crippen molar-refractivity contribution in [2.24, 2.45) is 0 Å². The van der Waals surface area contributed by atoms with Gasteiger partial charge in [-0.05, 0) is 53.6 Å². The van der Waals surface area contributed by atoms with E-state index in [-0.39, 0.29) is 12.5 Å². The average molecular weight is 483 g/mol. The van der Waals surface area contributed by atoms with Gasteiger partial charge in [0.2, 0.25) is 0 Å². The van der Waals surface area contributed by atoms with Gasteiger partial charge in [-0.3, -0.25) is 4.79 Å². The van der Waals surface area contributed by atoms with Gasteiger partial charge in [0, 0.05) is 31.7 Å². The predicted octanol–water partition coefficient (Wildman–Crippen LogP) is 4.81. The molecule has 0 saturated carbocycles. The van der Waals surface area contributed by atoms with Crippen LogP contribution in [0, 0.1) is 0 Å². The fourth-order valence-electron chi connectivity index (χ4n) is 4.36. The van der Waals surface area contributed by atoms with Crippen molar-refractivity contribution < 1.29 is 14.3 Å². The van der Waals surface area contributed by atoms with Gasteiger partial charge in [0.25, 0.3) is 5.91 Å². The molecule has 184 valence electrons. The van der Waals surface area contributed by atoms with Crippen molar-refractivity contribution in [2.45, 2.75) is 13.3 Å². The molecule has 1 aromatic heterocycles. The lowest BCUT2D eigenvalue weighted by Gasteiger charge is -2.35. The molecule has 36 heavy (non-hydrogen) atoms. The second kappa shape index (κ2) is 11.1. The molecule has 0 spiro atoms. The average Bonchev–Trinajstić information content (AvgIpc) is 2.95. The van der Waals surface area contributed by atoms with Gasteiger partial charge in [-0.25, -0.2) is 0 Å². The monoisotopic (exact) mass is 482 g/mol. The molecule has 0 radical (unpaired) electrons. The molecule has 7 nitrogen and oxygen atoms in total. The van der Waals surface area contributed by atoms with Crippen LogP contribution in [-0.4, -0.2) is 60.4 Å². The van der Waals surface area contributed by atoms with Crippen LogP contribution in [0.25, 0.3) is 22.0 Å². The zero-order chi connectivity index (χ0) is 24.7. The molecule has 0 unspecified atom stereocenters. The SMILES string of the molecule is CCCOc1ccc(OCC(=O)N2CCN(c3ccc(-c4cccc5ccccc45)nn3)CC2)cc1. The summed E-state index contributed by atoms with van der Waals surface area (Å²) < 4.78 is 11.3. The number of carbonyl (C=O) groups is 1. The Morgan fingerprint density at radius 3 is 2.25 bits per heavy atom. The standard InChI is InChI=1S/C29H30N4O3/c1-2-20-35-23-10-12-24(13-11-23)36-21-29(34)33-18-16-32(17-19-33)28-15-14-27(30-31-28)26-9-5-7-22-6-3-4-8-25(22)26/h3-15H,2,16-21H2,1H3. The number of fused-ring (bicyclic) bond motifs is 1. The van der Waals surface area contributed by atoms with Crippen LogP contribution >= 0.6 is 0 Å². The van der Waals surface area contributed by atoms with Gasteiger partial charge in [-0.1, -0.05) is 49.4 Å². The number of nitrogens with zero attached hydrogens (tertiary/aromatic N) is 4. The maximum Gasteiger partial charge on any atom is 0.260 e. The van der Waals surface area contributed by atoms with E-state index in [2.05, 4.69) is 46.3 Å². The smallest absolute Gasteiger partial charge is 0.260 e. The molecule has 4 aromatic rings. The zero-order valence-corrected chi connectivity index (χ0v) is 20.5. The third-order valence-electron chi connectivity index (χ3n) is 6.33. The molecule has 1 fully saturated rings. The molecule has 0 N–H and O–H groups in total. The highest BCUT2D eigenvalue weighted by molar-refractivity contribution is 5.95. The van der Waals surface area contributed by atoms with E-state index in [4.69, 9.17) is 9.47 Å². The Bertz CT molecular complexity index is 1300. The number of carbonyl (C=O) groups excluding carboxylic acids is 1. The topological polar surface area (TPSA) is 67.8 Å². The first-order valence-electron chi connectivity index (χ1n) is 12.4. The Labute approximate surface area is 211 Å². The van der Waals surface area contributed by atoms with E-state index < -0.39 is 0 Å². The summed E-state index contributed by atoms with van der Waals surface area (Å²) in [6.45, 7) is 5.44. The number of benzene rings is 3. The van der Waals surface area contributed by atoms with Gasteiger partial charge in [0.15, 0.2) is 12.4 Å². The van der Waals surface area contributed by atoms with Gasteiger partial charge in [0.05, 0.1) is 12.3 Å². The second-order valence-corrected chi connectivity index (χ2v) is 8.78. The van der Waals surface area contributed by atoms with Gasteiger partial charge in [0.1, 0.15) is 11.5 Å². The number of amides is 1. The Hall–Kier alpha value is -4.13. The highest BCUT2D eigenvalue weighted by atomic mass is 16.5. The van der Waals surface area contributed by atoms with Gasteiger partial charge < -0.3 is 19.3 Å². The molecule has 1 saturated heterocycles.